The largest absolute Gasteiger partial charge is 0.480 e. The molecule has 0 bridgehead atoms. The van der Waals surface area contributed by atoms with E-state index in [0.717, 1.165) is 0 Å². The Kier molecular flexibility index (Phi) is 2.02. The van der Waals surface area contributed by atoms with Crippen LogP contribution in [0.4, 0.5) is 0 Å². The molecule has 2 N–H and O–H groups in total. The van der Waals surface area contributed by atoms with Crippen LogP contribution in [-0.2, 0) is 9.53 Å². The van der Waals surface area contributed by atoms with Gasteiger partial charge in [-0.25, -0.2) is 0 Å². The Morgan fingerprint density at radius 3 is 2.89 bits per heavy atom. The van der Waals surface area contributed by atoms with Crippen LogP contribution in [-0.4, -0.2) is 30.5 Å². The number of hydrogen-bond acceptors (Lipinski definition) is 3. The lowest BCUT2D eigenvalue weighted by molar-refractivity contribution is -0.142. The lowest BCUT2D eigenvalue weighted by Gasteiger charge is -2.19. The predicted molar refractivity (Wildman–Crippen MR) is 30.0 cm³/mol. The van der Waals surface area contributed by atoms with E-state index >= 15 is 0 Å². The zero-order chi connectivity index (χ0) is 6.69. The van der Waals surface area contributed by atoms with E-state index in [4.69, 9.17) is 9.84 Å². The molecule has 1 saturated heterocycles. The summed E-state index contributed by atoms with van der Waals surface area (Å²) in [6, 6.07) is -0.404. The predicted octanol–water partition coefficient (Wildman–Crippen LogP) is -0.593. The van der Waals surface area contributed by atoms with Gasteiger partial charge in [-0.1, -0.05) is 0 Å². The van der Waals surface area contributed by atoms with Crippen LogP contribution in [0.3, 0.4) is 0 Å². The summed E-state index contributed by atoms with van der Waals surface area (Å²) in [4.78, 5) is 10.2. The molecule has 4 heteroatoms. The van der Waals surface area contributed by atoms with Crippen molar-refractivity contribution in [3.63, 3.8) is 0 Å². The van der Waals surface area contributed by atoms with Gasteiger partial charge in [-0.2, -0.15) is 0 Å². The number of nitrogens with one attached hydrogen (secondary N) is 1. The lowest BCUT2D eigenvalue weighted by atomic mass is 10.2. The van der Waals surface area contributed by atoms with Crippen molar-refractivity contribution >= 4 is 5.97 Å². The molecule has 0 aromatic carbocycles. The van der Waals surface area contributed by atoms with Crippen LogP contribution in [0.15, 0.2) is 0 Å². The number of carboxylic acid groups (broad SMARTS) is 1. The zero-order valence-electron chi connectivity index (χ0n) is 4.96. The van der Waals surface area contributed by atoms with Crippen LogP contribution in [0.5, 0.6) is 0 Å². The molecular weight excluding hydrogens is 122 g/mol. The first-order valence-electron chi connectivity index (χ1n) is 2.84. The summed E-state index contributed by atoms with van der Waals surface area (Å²) in [7, 11) is 0. The molecule has 4 nitrogen and oxygen atoms in total. The molecule has 0 radical (unpaired) electrons. The van der Waals surface area contributed by atoms with Crippen LogP contribution < -0.4 is 5.32 Å². The van der Waals surface area contributed by atoms with E-state index in [1.807, 2.05) is 0 Å². The van der Waals surface area contributed by atoms with E-state index in [0.29, 0.717) is 19.8 Å². The molecule has 52 valence electrons. The standard InChI is InChI=1S/C5H9NO3/c7-5(8)4-1-2-9-3-6-4/h4,6H,1-3H2,(H,7,8)/t4-/m0/s1. The fourth-order valence-corrected chi connectivity index (χ4v) is 0.746. The van der Waals surface area contributed by atoms with Crippen molar-refractivity contribution in [2.75, 3.05) is 13.3 Å². The first-order chi connectivity index (χ1) is 4.30. The molecule has 1 fully saturated rings. The summed E-state index contributed by atoms with van der Waals surface area (Å²) in [5.74, 6) is -0.793. The van der Waals surface area contributed by atoms with Crippen LogP contribution in [0.2, 0.25) is 0 Å². The average Bonchev–Trinajstić information content (AvgIpc) is 1.90. The van der Waals surface area contributed by atoms with Gasteiger partial charge >= 0.3 is 5.97 Å². The average molecular weight is 131 g/mol. The Hall–Kier alpha value is -0.610. The van der Waals surface area contributed by atoms with Gasteiger partial charge < -0.3 is 9.84 Å². The lowest BCUT2D eigenvalue weighted by Crippen LogP contribution is -2.42. The van der Waals surface area contributed by atoms with E-state index < -0.39 is 12.0 Å². The topological polar surface area (TPSA) is 58.6 Å². The second-order valence-electron chi connectivity index (χ2n) is 1.94. The molecule has 1 rings (SSSR count). The number of rotatable bonds is 1. The smallest absolute Gasteiger partial charge is 0.320 e. The van der Waals surface area contributed by atoms with E-state index in [1.54, 1.807) is 0 Å². The summed E-state index contributed by atoms with van der Waals surface area (Å²) in [5.41, 5.74) is 0. The van der Waals surface area contributed by atoms with Crippen LogP contribution in [0.25, 0.3) is 0 Å². The van der Waals surface area contributed by atoms with Crippen molar-refractivity contribution in [3.05, 3.63) is 0 Å². The third kappa shape index (κ3) is 1.65. The highest BCUT2D eigenvalue weighted by atomic mass is 16.5. The number of aliphatic carboxylic acids is 1. The van der Waals surface area contributed by atoms with Crippen molar-refractivity contribution in [2.24, 2.45) is 0 Å². The summed E-state index contributed by atoms with van der Waals surface area (Å²) in [6.07, 6.45) is 0.565. The fourth-order valence-electron chi connectivity index (χ4n) is 0.746. The van der Waals surface area contributed by atoms with Gasteiger partial charge in [0, 0.05) is 0 Å². The fraction of sp³-hybridized carbons (Fsp3) is 0.800. The highest BCUT2D eigenvalue weighted by Crippen LogP contribution is 1.97. The SMILES string of the molecule is O=C(O)[C@@H]1CCOCN1. The number of carboxylic acids is 1. The minimum Gasteiger partial charge on any atom is -0.480 e. The maximum atomic E-state index is 10.2. The molecule has 0 amide bonds. The van der Waals surface area contributed by atoms with Crippen LogP contribution in [0, 0.1) is 0 Å². The number of carbonyl (C=O) groups is 1. The number of hydrogen-bond donors (Lipinski definition) is 2. The van der Waals surface area contributed by atoms with E-state index in [-0.39, 0.29) is 0 Å². The van der Waals surface area contributed by atoms with Crippen molar-refractivity contribution in [1.29, 1.82) is 0 Å². The Labute approximate surface area is 52.8 Å². The van der Waals surface area contributed by atoms with Crippen molar-refractivity contribution in [1.82, 2.24) is 5.32 Å². The summed E-state index contributed by atoms with van der Waals surface area (Å²) in [5, 5.41) is 11.1. The van der Waals surface area contributed by atoms with Gasteiger partial charge in [0.1, 0.15) is 6.04 Å². The maximum Gasteiger partial charge on any atom is 0.320 e. The molecule has 0 aliphatic carbocycles. The minimum atomic E-state index is -0.793. The minimum absolute atomic E-state index is 0.358. The second-order valence-corrected chi connectivity index (χ2v) is 1.94. The van der Waals surface area contributed by atoms with Crippen LogP contribution in [0.1, 0.15) is 6.42 Å². The van der Waals surface area contributed by atoms with Gasteiger partial charge in [0.2, 0.25) is 0 Å². The molecule has 0 aromatic heterocycles. The Balaban J connectivity index is 2.31. The summed E-state index contributed by atoms with van der Waals surface area (Å²) < 4.78 is 4.88. The normalized spacial score (nSPS) is 27.8. The third-order valence-corrected chi connectivity index (χ3v) is 1.28. The highest BCUT2D eigenvalue weighted by molar-refractivity contribution is 5.73. The summed E-state index contributed by atoms with van der Waals surface area (Å²) >= 11 is 0. The van der Waals surface area contributed by atoms with E-state index in [9.17, 15) is 4.79 Å². The second kappa shape index (κ2) is 2.80. The zero-order valence-corrected chi connectivity index (χ0v) is 4.96. The van der Waals surface area contributed by atoms with Gasteiger partial charge in [-0.15, -0.1) is 0 Å². The van der Waals surface area contributed by atoms with E-state index in [2.05, 4.69) is 5.32 Å². The van der Waals surface area contributed by atoms with Crippen LogP contribution >= 0.6 is 0 Å². The molecule has 1 aliphatic rings. The molecule has 0 spiro atoms. The van der Waals surface area contributed by atoms with Gasteiger partial charge in [0.25, 0.3) is 0 Å². The van der Waals surface area contributed by atoms with Crippen molar-refractivity contribution in [3.8, 4) is 0 Å². The maximum absolute atomic E-state index is 10.2. The van der Waals surface area contributed by atoms with Gasteiger partial charge in [0.05, 0.1) is 13.3 Å². The van der Waals surface area contributed by atoms with Gasteiger partial charge in [-0.3, -0.25) is 10.1 Å². The third-order valence-electron chi connectivity index (χ3n) is 1.28. The monoisotopic (exact) mass is 131 g/mol. The quantitative estimate of drug-likeness (QED) is 0.499. The Morgan fingerprint density at radius 1 is 1.78 bits per heavy atom. The Bertz CT molecular complexity index is 109. The molecule has 1 heterocycles. The summed E-state index contributed by atoms with van der Waals surface area (Å²) in [6.45, 7) is 0.904. The molecule has 0 aromatic rings. The highest BCUT2D eigenvalue weighted by Gasteiger charge is 2.18. The molecule has 1 atom stereocenters. The molecule has 9 heavy (non-hydrogen) atoms. The molecular formula is C5H9NO3. The van der Waals surface area contributed by atoms with Crippen molar-refractivity contribution in [2.45, 2.75) is 12.5 Å². The first-order valence-corrected chi connectivity index (χ1v) is 2.84. The van der Waals surface area contributed by atoms with E-state index in [1.165, 1.54) is 0 Å². The molecule has 0 unspecified atom stereocenters. The first kappa shape index (κ1) is 6.51. The van der Waals surface area contributed by atoms with Gasteiger partial charge in [-0.05, 0) is 6.42 Å². The number of ether oxygens (including phenoxy) is 1. The molecule has 1 aliphatic heterocycles. The molecule has 0 saturated carbocycles. The van der Waals surface area contributed by atoms with Crippen molar-refractivity contribution < 1.29 is 14.6 Å². The Morgan fingerprint density at radius 2 is 2.56 bits per heavy atom. The van der Waals surface area contributed by atoms with Gasteiger partial charge in [0.15, 0.2) is 0 Å².